The molecule has 5 heteroatoms. The second kappa shape index (κ2) is 4.13. The number of rotatable bonds is 1. The summed E-state index contributed by atoms with van der Waals surface area (Å²) in [5, 5.41) is 9.84. The minimum Gasteiger partial charge on any atom is -0.374 e. The Morgan fingerprint density at radius 2 is 1.89 bits per heavy atom. The van der Waals surface area contributed by atoms with Crippen LogP contribution in [0.1, 0.15) is 38.8 Å². The van der Waals surface area contributed by atoms with Crippen molar-refractivity contribution in [3.63, 3.8) is 0 Å². The molecule has 0 saturated heterocycles. The van der Waals surface area contributed by atoms with E-state index in [-0.39, 0.29) is 11.5 Å². The van der Waals surface area contributed by atoms with Crippen LogP contribution in [0.5, 0.6) is 0 Å². The van der Waals surface area contributed by atoms with Crippen LogP contribution in [0.2, 0.25) is 0 Å². The first kappa shape index (κ1) is 14.2. The number of nitrogens with zero attached hydrogens (tertiary/aromatic N) is 1. The molecule has 2 nitrogen and oxygen atoms in total. The first-order valence-corrected chi connectivity index (χ1v) is 6.25. The molecule has 0 aromatic heterocycles. The molecule has 0 fully saturated rings. The molecule has 19 heavy (non-hydrogen) atoms. The number of halogens is 3. The highest BCUT2D eigenvalue weighted by molar-refractivity contribution is 5.65. The maximum Gasteiger partial charge on any atom is 0.416 e. The van der Waals surface area contributed by atoms with Crippen molar-refractivity contribution >= 4 is 5.69 Å². The van der Waals surface area contributed by atoms with Crippen molar-refractivity contribution in [3.8, 4) is 0 Å². The molecule has 0 radical (unpaired) electrons. The Kier molecular flexibility index (Phi) is 3.08. The zero-order valence-electron chi connectivity index (χ0n) is 11.4. The van der Waals surface area contributed by atoms with E-state index in [0.717, 1.165) is 17.7 Å². The molecule has 1 aromatic carbocycles. The average Bonchev–Trinajstić information content (AvgIpc) is 2.46. The van der Waals surface area contributed by atoms with Gasteiger partial charge in [0, 0.05) is 17.1 Å². The van der Waals surface area contributed by atoms with Crippen LogP contribution >= 0.6 is 0 Å². The van der Waals surface area contributed by atoms with E-state index in [2.05, 4.69) is 0 Å². The van der Waals surface area contributed by atoms with Gasteiger partial charge in [-0.1, -0.05) is 19.9 Å². The monoisotopic (exact) mass is 273 g/mol. The Hall–Kier alpha value is -1.23. The quantitative estimate of drug-likeness (QED) is 0.846. The molecule has 1 N–H and O–H groups in total. The van der Waals surface area contributed by atoms with Gasteiger partial charge < -0.3 is 10.0 Å². The molecule has 2 unspecified atom stereocenters. The van der Waals surface area contributed by atoms with Crippen LogP contribution in [0.4, 0.5) is 18.9 Å². The molecule has 0 amide bonds. The van der Waals surface area contributed by atoms with E-state index in [1.165, 1.54) is 6.07 Å². The summed E-state index contributed by atoms with van der Waals surface area (Å²) in [4.78, 5) is 1.64. The molecule has 106 valence electrons. The Morgan fingerprint density at radius 3 is 2.37 bits per heavy atom. The SMILES string of the molecule is CC(O)N1c2cc(C(F)(F)F)ccc2C(C)(C)C1C. The molecule has 1 heterocycles. The summed E-state index contributed by atoms with van der Waals surface area (Å²) in [6.45, 7) is 7.44. The van der Waals surface area contributed by atoms with Gasteiger partial charge >= 0.3 is 6.18 Å². The van der Waals surface area contributed by atoms with Gasteiger partial charge in [0.05, 0.1) is 5.56 Å². The van der Waals surface area contributed by atoms with Gasteiger partial charge in [-0.05, 0) is 31.5 Å². The summed E-state index contributed by atoms with van der Waals surface area (Å²) < 4.78 is 38.4. The molecule has 2 rings (SSSR count). The predicted octanol–water partition coefficient (Wildman–Crippen LogP) is 3.53. The minimum absolute atomic E-state index is 0.0639. The number of fused-ring (bicyclic) bond motifs is 1. The Labute approximate surface area is 110 Å². The first-order valence-electron chi connectivity index (χ1n) is 6.25. The molecule has 0 bridgehead atoms. The third-order valence-electron chi connectivity index (χ3n) is 4.16. The fourth-order valence-electron chi connectivity index (χ4n) is 2.77. The molecule has 0 spiro atoms. The van der Waals surface area contributed by atoms with Gasteiger partial charge in [0.25, 0.3) is 0 Å². The number of aliphatic hydroxyl groups is 1. The number of hydrogen-bond acceptors (Lipinski definition) is 2. The van der Waals surface area contributed by atoms with Gasteiger partial charge in [0.15, 0.2) is 0 Å². The van der Waals surface area contributed by atoms with Crippen LogP contribution in [0.3, 0.4) is 0 Å². The maximum absolute atomic E-state index is 12.8. The number of aliphatic hydroxyl groups excluding tert-OH is 1. The molecular weight excluding hydrogens is 255 g/mol. The minimum atomic E-state index is -4.37. The van der Waals surface area contributed by atoms with Crippen molar-refractivity contribution in [2.75, 3.05) is 4.90 Å². The van der Waals surface area contributed by atoms with Crippen molar-refractivity contribution in [3.05, 3.63) is 29.3 Å². The lowest BCUT2D eigenvalue weighted by atomic mass is 9.81. The Balaban J connectivity index is 2.61. The highest BCUT2D eigenvalue weighted by atomic mass is 19.4. The molecule has 1 aliphatic rings. The van der Waals surface area contributed by atoms with E-state index in [4.69, 9.17) is 0 Å². The summed E-state index contributed by atoms with van der Waals surface area (Å²) in [6, 6.07) is 3.70. The third kappa shape index (κ3) is 2.10. The topological polar surface area (TPSA) is 23.5 Å². The zero-order valence-corrected chi connectivity index (χ0v) is 11.4. The zero-order chi connectivity index (χ0) is 14.6. The molecule has 0 aliphatic carbocycles. The van der Waals surface area contributed by atoms with E-state index in [1.807, 2.05) is 20.8 Å². The largest absolute Gasteiger partial charge is 0.416 e. The predicted molar refractivity (Wildman–Crippen MR) is 68.1 cm³/mol. The molecule has 1 aliphatic heterocycles. The lowest BCUT2D eigenvalue weighted by Gasteiger charge is -2.33. The van der Waals surface area contributed by atoms with Crippen LogP contribution in [0.15, 0.2) is 18.2 Å². The first-order chi connectivity index (χ1) is 8.56. The van der Waals surface area contributed by atoms with Crippen LogP contribution < -0.4 is 4.90 Å². The van der Waals surface area contributed by atoms with Gasteiger partial charge in [-0.15, -0.1) is 0 Å². The lowest BCUT2D eigenvalue weighted by molar-refractivity contribution is -0.137. The molecular formula is C14H18F3NO. The summed E-state index contributed by atoms with van der Waals surface area (Å²) in [5.74, 6) is 0. The van der Waals surface area contributed by atoms with Crippen LogP contribution in [0, 0.1) is 0 Å². The molecule has 2 atom stereocenters. The summed E-state index contributed by atoms with van der Waals surface area (Å²) in [6.07, 6.45) is -5.19. The van der Waals surface area contributed by atoms with Crippen LogP contribution in [0.25, 0.3) is 0 Å². The maximum atomic E-state index is 12.8. The fourth-order valence-corrected chi connectivity index (χ4v) is 2.77. The van der Waals surface area contributed by atoms with Gasteiger partial charge in [-0.25, -0.2) is 0 Å². The van der Waals surface area contributed by atoms with Crippen molar-refractivity contribution in [1.82, 2.24) is 0 Å². The van der Waals surface area contributed by atoms with Crippen LogP contribution in [-0.4, -0.2) is 17.4 Å². The normalized spacial score (nSPS) is 23.4. The van der Waals surface area contributed by atoms with E-state index in [9.17, 15) is 18.3 Å². The van der Waals surface area contributed by atoms with E-state index in [1.54, 1.807) is 11.8 Å². The van der Waals surface area contributed by atoms with E-state index < -0.39 is 18.0 Å². The van der Waals surface area contributed by atoms with E-state index in [0.29, 0.717) is 5.69 Å². The number of anilines is 1. The molecule has 1 aromatic rings. The summed E-state index contributed by atoms with van der Waals surface area (Å²) in [7, 11) is 0. The Bertz CT molecular complexity index is 494. The highest BCUT2D eigenvalue weighted by Gasteiger charge is 2.44. The Morgan fingerprint density at radius 1 is 1.32 bits per heavy atom. The third-order valence-corrected chi connectivity index (χ3v) is 4.16. The van der Waals surface area contributed by atoms with Gasteiger partial charge in [-0.2, -0.15) is 13.2 Å². The van der Waals surface area contributed by atoms with Crippen molar-refractivity contribution in [2.24, 2.45) is 0 Å². The summed E-state index contributed by atoms with van der Waals surface area (Å²) in [5.41, 5.74) is 0.342. The second-order valence-electron chi connectivity index (χ2n) is 5.67. The van der Waals surface area contributed by atoms with Crippen molar-refractivity contribution in [2.45, 2.75) is 51.6 Å². The summed E-state index contributed by atoms with van der Waals surface area (Å²) >= 11 is 0. The smallest absolute Gasteiger partial charge is 0.374 e. The van der Waals surface area contributed by atoms with Gasteiger partial charge in [0.2, 0.25) is 0 Å². The lowest BCUT2D eigenvalue weighted by Crippen LogP contribution is -2.43. The number of benzene rings is 1. The second-order valence-corrected chi connectivity index (χ2v) is 5.67. The van der Waals surface area contributed by atoms with Crippen LogP contribution in [-0.2, 0) is 11.6 Å². The highest BCUT2D eigenvalue weighted by Crippen LogP contribution is 2.47. The van der Waals surface area contributed by atoms with E-state index >= 15 is 0 Å². The van der Waals surface area contributed by atoms with Gasteiger partial charge in [-0.3, -0.25) is 0 Å². The molecule has 0 saturated carbocycles. The number of alkyl halides is 3. The van der Waals surface area contributed by atoms with Crippen molar-refractivity contribution in [1.29, 1.82) is 0 Å². The fraction of sp³-hybridized carbons (Fsp3) is 0.571. The number of hydrogen-bond donors (Lipinski definition) is 1. The average molecular weight is 273 g/mol. The van der Waals surface area contributed by atoms with Gasteiger partial charge in [0.1, 0.15) is 6.23 Å². The standard InChI is InChI=1S/C14H18F3NO/c1-8-13(3,4)11-6-5-10(14(15,16)17)7-12(11)18(8)9(2)19/h5-9,19H,1-4H3. The van der Waals surface area contributed by atoms with Crippen molar-refractivity contribution < 1.29 is 18.3 Å².